The third-order valence-corrected chi connectivity index (χ3v) is 7.77. The summed E-state index contributed by atoms with van der Waals surface area (Å²) < 4.78 is 17.9. The van der Waals surface area contributed by atoms with Crippen LogP contribution in [0.15, 0.2) is 85.0 Å². The molecule has 1 aromatic heterocycles. The van der Waals surface area contributed by atoms with Crippen molar-refractivity contribution in [2.24, 2.45) is 0 Å². The van der Waals surface area contributed by atoms with Crippen molar-refractivity contribution < 1.29 is 28.9 Å². The van der Waals surface area contributed by atoms with Crippen LogP contribution in [0.25, 0.3) is 16.0 Å². The number of ketones is 1. The summed E-state index contributed by atoms with van der Waals surface area (Å²) in [5, 5.41) is 11.9. The van der Waals surface area contributed by atoms with Crippen molar-refractivity contribution in [1.82, 2.24) is 4.98 Å². The number of aromatic nitrogens is 1. The topological polar surface area (TPSA) is 98.2 Å². The summed E-state index contributed by atoms with van der Waals surface area (Å²) in [6.45, 7) is 9.04. The number of unbranched alkanes of at least 4 members (excludes halogenated alkanes) is 1. The largest absolute Gasteiger partial charge is 0.507 e. The molecule has 5 rings (SSSR count). The van der Waals surface area contributed by atoms with Gasteiger partial charge in [-0.2, -0.15) is 0 Å². The molecule has 4 aromatic rings. The van der Waals surface area contributed by atoms with Crippen LogP contribution < -0.4 is 19.1 Å². The molecule has 8 nitrogen and oxygen atoms in total. The number of carbonyl (C=O) groups excluding carboxylic acids is 2. The number of aliphatic hydroxyl groups excluding tert-OH is 1. The first-order valence-electron chi connectivity index (χ1n) is 13.9. The number of hydrogen-bond donors (Lipinski definition) is 1. The quantitative estimate of drug-likeness (QED) is 0.0626. The normalized spacial score (nSPS) is 16.1. The molecule has 1 atom stereocenters. The minimum atomic E-state index is -0.921. The van der Waals surface area contributed by atoms with E-state index >= 15 is 0 Å². The highest BCUT2D eigenvalue weighted by Crippen LogP contribution is 2.45. The monoisotopic (exact) mass is 584 g/mol. The van der Waals surface area contributed by atoms with Crippen molar-refractivity contribution in [3.63, 3.8) is 0 Å². The number of benzene rings is 3. The van der Waals surface area contributed by atoms with Gasteiger partial charge in [-0.15, -0.1) is 0 Å². The van der Waals surface area contributed by atoms with Gasteiger partial charge in [-0.05, 0) is 61.4 Å². The van der Waals surface area contributed by atoms with Crippen molar-refractivity contribution in [2.45, 2.75) is 32.7 Å². The number of rotatable bonds is 12. The summed E-state index contributed by atoms with van der Waals surface area (Å²) in [5.74, 6) is 0.0155. The maximum absolute atomic E-state index is 13.6. The van der Waals surface area contributed by atoms with Crippen LogP contribution in [0, 0.1) is 0 Å². The lowest BCUT2D eigenvalue weighted by atomic mass is 9.95. The molecular formula is C33H32N2O6S. The zero-order chi connectivity index (χ0) is 29.6. The van der Waals surface area contributed by atoms with Crippen LogP contribution in [0.1, 0.15) is 43.9 Å². The van der Waals surface area contributed by atoms with Gasteiger partial charge in [-0.3, -0.25) is 14.5 Å². The predicted molar refractivity (Wildman–Crippen MR) is 165 cm³/mol. The molecule has 1 saturated heterocycles. The minimum Gasteiger partial charge on any atom is -0.507 e. The molecule has 1 unspecified atom stereocenters. The average Bonchev–Trinajstić information content (AvgIpc) is 3.54. The highest BCUT2D eigenvalue weighted by molar-refractivity contribution is 7.22. The van der Waals surface area contributed by atoms with Crippen LogP contribution in [-0.2, 0) is 9.59 Å². The molecule has 0 saturated carbocycles. The predicted octanol–water partition coefficient (Wildman–Crippen LogP) is 7.07. The molecule has 0 bridgehead atoms. The Balaban J connectivity index is 1.61. The Bertz CT molecular complexity index is 1640. The van der Waals surface area contributed by atoms with Crippen LogP contribution in [-0.4, -0.2) is 41.6 Å². The first kappa shape index (κ1) is 28.9. The lowest BCUT2D eigenvalue weighted by molar-refractivity contribution is -0.132. The summed E-state index contributed by atoms with van der Waals surface area (Å²) in [4.78, 5) is 33.3. The number of fused-ring (bicyclic) bond motifs is 1. The number of Topliss-reactive ketones (excluding diaryl/α,β-unsaturated/α-hetero) is 1. The lowest BCUT2D eigenvalue weighted by Gasteiger charge is -2.23. The first-order valence-corrected chi connectivity index (χ1v) is 14.7. The third kappa shape index (κ3) is 5.87. The first-order chi connectivity index (χ1) is 20.4. The second-order valence-electron chi connectivity index (χ2n) is 9.63. The van der Waals surface area contributed by atoms with E-state index in [-0.39, 0.29) is 11.3 Å². The summed E-state index contributed by atoms with van der Waals surface area (Å²) in [6.07, 6.45) is 3.52. The molecule has 3 aromatic carbocycles. The van der Waals surface area contributed by atoms with E-state index in [4.69, 9.17) is 19.2 Å². The molecule has 1 amide bonds. The fraction of sp³-hybridized carbons (Fsp3) is 0.242. The van der Waals surface area contributed by atoms with Crippen LogP contribution in [0.3, 0.4) is 0 Å². The van der Waals surface area contributed by atoms with Crippen LogP contribution in [0.5, 0.6) is 17.2 Å². The Morgan fingerprint density at radius 2 is 1.76 bits per heavy atom. The van der Waals surface area contributed by atoms with Crippen molar-refractivity contribution in [2.75, 3.05) is 24.7 Å². The molecular weight excluding hydrogens is 552 g/mol. The van der Waals surface area contributed by atoms with E-state index in [1.165, 1.54) is 16.2 Å². The lowest BCUT2D eigenvalue weighted by Crippen LogP contribution is -2.29. The maximum atomic E-state index is 13.6. The molecule has 0 aliphatic carbocycles. The van der Waals surface area contributed by atoms with Gasteiger partial charge in [-0.1, -0.05) is 61.6 Å². The maximum Gasteiger partial charge on any atom is 0.301 e. The molecule has 0 radical (unpaired) electrons. The van der Waals surface area contributed by atoms with Crippen molar-refractivity contribution in [3.8, 4) is 17.2 Å². The Morgan fingerprint density at radius 3 is 2.50 bits per heavy atom. The van der Waals surface area contributed by atoms with E-state index in [1.54, 1.807) is 54.6 Å². The Labute approximate surface area is 248 Å². The second kappa shape index (κ2) is 12.9. The molecule has 0 spiro atoms. The number of hydrogen-bond acceptors (Lipinski definition) is 8. The summed E-state index contributed by atoms with van der Waals surface area (Å²) in [7, 11) is 0. The van der Waals surface area contributed by atoms with Crippen molar-refractivity contribution >= 4 is 44.1 Å². The fourth-order valence-corrected chi connectivity index (χ4v) is 5.74. The van der Waals surface area contributed by atoms with E-state index in [0.717, 1.165) is 17.5 Å². The molecule has 2 heterocycles. The summed E-state index contributed by atoms with van der Waals surface area (Å²) in [5.41, 5.74) is 1.64. The SMILES string of the molecule is C=CCOc1ccc(C2C(=C(O)c3cccc(OCCCC)c3)C(=O)C(=O)N2c2nc3ccc(OCC)cc3s2)cc1. The molecule has 9 heteroatoms. The highest BCUT2D eigenvalue weighted by Gasteiger charge is 2.48. The molecule has 1 N–H and O–H groups in total. The number of aliphatic hydroxyl groups is 1. The van der Waals surface area contributed by atoms with Crippen LogP contribution in [0.2, 0.25) is 0 Å². The van der Waals surface area contributed by atoms with Crippen LogP contribution in [0.4, 0.5) is 5.13 Å². The summed E-state index contributed by atoms with van der Waals surface area (Å²) in [6, 6.07) is 18.6. The van der Waals surface area contributed by atoms with Gasteiger partial charge in [0.15, 0.2) is 5.13 Å². The Hall–Kier alpha value is -4.63. The zero-order valence-corrected chi connectivity index (χ0v) is 24.4. The van der Waals surface area contributed by atoms with Gasteiger partial charge < -0.3 is 19.3 Å². The van der Waals surface area contributed by atoms with Crippen molar-refractivity contribution in [1.29, 1.82) is 0 Å². The van der Waals surface area contributed by atoms with E-state index in [2.05, 4.69) is 13.5 Å². The van der Waals surface area contributed by atoms with Gasteiger partial charge in [0.2, 0.25) is 0 Å². The van der Waals surface area contributed by atoms with E-state index in [0.29, 0.717) is 58.8 Å². The van der Waals surface area contributed by atoms with Gasteiger partial charge in [0.05, 0.1) is 35.0 Å². The van der Waals surface area contributed by atoms with Gasteiger partial charge in [0.1, 0.15) is 29.6 Å². The fourth-order valence-electron chi connectivity index (χ4n) is 4.72. The number of carbonyl (C=O) groups is 2. The van der Waals surface area contributed by atoms with E-state index in [1.807, 2.05) is 25.1 Å². The van der Waals surface area contributed by atoms with Crippen molar-refractivity contribution in [3.05, 3.63) is 96.1 Å². The molecule has 216 valence electrons. The minimum absolute atomic E-state index is 0.0280. The Morgan fingerprint density at radius 1 is 1.00 bits per heavy atom. The van der Waals surface area contributed by atoms with Crippen LogP contribution >= 0.6 is 11.3 Å². The highest BCUT2D eigenvalue weighted by atomic mass is 32.1. The van der Waals surface area contributed by atoms with Gasteiger partial charge in [0.25, 0.3) is 5.78 Å². The average molecular weight is 585 g/mol. The Kier molecular flexibility index (Phi) is 8.88. The van der Waals surface area contributed by atoms with E-state index in [9.17, 15) is 14.7 Å². The number of amides is 1. The zero-order valence-electron chi connectivity index (χ0n) is 23.5. The number of nitrogens with zero attached hydrogens (tertiary/aromatic N) is 2. The molecule has 42 heavy (non-hydrogen) atoms. The number of thiazole rings is 1. The van der Waals surface area contributed by atoms with Gasteiger partial charge in [-0.25, -0.2) is 4.98 Å². The number of anilines is 1. The molecule has 1 aliphatic rings. The smallest absolute Gasteiger partial charge is 0.301 e. The van der Waals surface area contributed by atoms with Gasteiger partial charge >= 0.3 is 5.91 Å². The van der Waals surface area contributed by atoms with E-state index < -0.39 is 17.7 Å². The summed E-state index contributed by atoms with van der Waals surface area (Å²) >= 11 is 1.28. The third-order valence-electron chi connectivity index (χ3n) is 6.75. The van der Waals surface area contributed by atoms with Gasteiger partial charge in [0, 0.05) is 5.56 Å². The molecule has 1 aliphatic heterocycles. The number of ether oxygens (including phenoxy) is 3. The standard InChI is InChI=1S/C33H32N2O6S/c1-4-7-18-41-24-10-8-9-22(19-24)30(36)28-29(21-11-13-23(14-12-21)40-17-5-2)35(32(38)31(28)37)33-34-26-16-15-25(39-6-3)20-27(26)42-33/h5,8-16,19-20,29,36H,2,4,6-7,17-18H2,1,3H3. The second-order valence-corrected chi connectivity index (χ2v) is 10.6. The molecule has 1 fully saturated rings.